The second-order valence-electron chi connectivity index (χ2n) is 5.51. The number of benzene rings is 1. The summed E-state index contributed by atoms with van der Waals surface area (Å²) in [5.41, 5.74) is 0.286. The molecule has 1 amide bonds. The van der Waals surface area contributed by atoms with Crippen LogP contribution < -0.4 is 5.32 Å². The summed E-state index contributed by atoms with van der Waals surface area (Å²) in [4.78, 5) is 15.7. The predicted molar refractivity (Wildman–Crippen MR) is 76.8 cm³/mol. The monoisotopic (exact) mass is 297 g/mol. The number of likely N-dealkylation sites (N-methyl/N-ethyl adjacent to an activating group) is 1. The van der Waals surface area contributed by atoms with Gasteiger partial charge in [0.1, 0.15) is 6.04 Å². The quantitative estimate of drug-likeness (QED) is 0.916. The van der Waals surface area contributed by atoms with E-state index in [-0.39, 0.29) is 23.6 Å². The molecule has 1 fully saturated rings. The van der Waals surface area contributed by atoms with Gasteiger partial charge < -0.3 is 10.2 Å². The van der Waals surface area contributed by atoms with Crippen LogP contribution in [-0.4, -0.2) is 55.5 Å². The number of hydrogen-bond acceptors (Lipinski definition) is 3. The Balaban J connectivity index is 2.28. The third-order valence-electron chi connectivity index (χ3n) is 3.94. The topological polar surface area (TPSA) is 35.6 Å². The Morgan fingerprint density at radius 2 is 2.14 bits per heavy atom. The molecular weight excluding hydrogens is 276 g/mol. The molecule has 0 bridgehead atoms. The zero-order valence-electron chi connectivity index (χ0n) is 12.6. The van der Waals surface area contributed by atoms with Crippen LogP contribution in [-0.2, 0) is 4.79 Å². The first kappa shape index (κ1) is 15.9. The third kappa shape index (κ3) is 3.22. The molecule has 1 heterocycles. The lowest BCUT2D eigenvalue weighted by Crippen LogP contribution is -2.58. The molecule has 1 aliphatic rings. The second-order valence-corrected chi connectivity index (χ2v) is 5.51. The van der Waals surface area contributed by atoms with Gasteiger partial charge in [0.15, 0.2) is 11.6 Å². The van der Waals surface area contributed by atoms with E-state index in [1.165, 1.54) is 11.0 Å². The van der Waals surface area contributed by atoms with Crippen molar-refractivity contribution in [2.24, 2.45) is 0 Å². The number of nitrogens with zero attached hydrogens (tertiary/aromatic N) is 2. The standard InChI is InChI=1S/C15H21F2N3O/c1-10(11-5-4-6-12(16)14(11)17)20-8-7-18-9-13(20)15(21)19(2)3/h4-6,10,13,18H,7-9H2,1-3H3. The van der Waals surface area contributed by atoms with Crippen LogP contribution in [0.1, 0.15) is 18.5 Å². The van der Waals surface area contributed by atoms with Gasteiger partial charge in [0, 0.05) is 45.3 Å². The van der Waals surface area contributed by atoms with Gasteiger partial charge in [-0.25, -0.2) is 8.78 Å². The molecule has 1 N–H and O–H groups in total. The highest BCUT2D eigenvalue weighted by atomic mass is 19.2. The van der Waals surface area contributed by atoms with Crippen molar-refractivity contribution in [2.75, 3.05) is 33.7 Å². The fourth-order valence-corrected chi connectivity index (χ4v) is 2.73. The zero-order valence-corrected chi connectivity index (χ0v) is 12.6. The molecule has 6 heteroatoms. The largest absolute Gasteiger partial charge is 0.347 e. The minimum atomic E-state index is -0.857. The van der Waals surface area contributed by atoms with Gasteiger partial charge in [0.05, 0.1) is 0 Å². The molecule has 2 rings (SSSR count). The number of carbonyl (C=O) groups excluding carboxylic acids is 1. The van der Waals surface area contributed by atoms with Gasteiger partial charge in [-0.2, -0.15) is 0 Å². The van der Waals surface area contributed by atoms with Gasteiger partial charge in [-0.05, 0) is 13.0 Å². The van der Waals surface area contributed by atoms with Crippen molar-refractivity contribution in [1.82, 2.24) is 15.1 Å². The van der Waals surface area contributed by atoms with E-state index < -0.39 is 11.6 Å². The summed E-state index contributed by atoms with van der Waals surface area (Å²) in [5.74, 6) is -1.73. The van der Waals surface area contributed by atoms with Crippen LogP contribution in [0.15, 0.2) is 18.2 Å². The average Bonchev–Trinajstić information content (AvgIpc) is 2.48. The number of piperazine rings is 1. The van der Waals surface area contributed by atoms with Gasteiger partial charge in [0.25, 0.3) is 0 Å². The molecule has 0 aliphatic carbocycles. The minimum Gasteiger partial charge on any atom is -0.347 e. The number of amides is 1. The van der Waals surface area contributed by atoms with Crippen LogP contribution in [0.4, 0.5) is 8.78 Å². The highest BCUT2D eigenvalue weighted by Gasteiger charge is 2.34. The van der Waals surface area contributed by atoms with Gasteiger partial charge in [-0.3, -0.25) is 9.69 Å². The minimum absolute atomic E-state index is 0.0362. The normalized spacial score (nSPS) is 21.1. The van der Waals surface area contributed by atoms with Crippen LogP contribution in [0.25, 0.3) is 0 Å². The fourth-order valence-electron chi connectivity index (χ4n) is 2.73. The highest BCUT2D eigenvalue weighted by Crippen LogP contribution is 2.27. The van der Waals surface area contributed by atoms with E-state index in [1.54, 1.807) is 27.1 Å². The lowest BCUT2D eigenvalue weighted by Gasteiger charge is -2.40. The molecule has 0 spiro atoms. The van der Waals surface area contributed by atoms with Crippen LogP contribution in [0.2, 0.25) is 0 Å². The molecule has 0 aromatic heterocycles. The van der Waals surface area contributed by atoms with Crippen molar-refractivity contribution in [2.45, 2.75) is 19.0 Å². The van der Waals surface area contributed by atoms with Gasteiger partial charge in [-0.15, -0.1) is 0 Å². The SMILES string of the molecule is CC(c1cccc(F)c1F)N1CCNCC1C(=O)N(C)C. The summed E-state index contributed by atoms with van der Waals surface area (Å²) in [7, 11) is 3.39. The molecule has 1 saturated heterocycles. The average molecular weight is 297 g/mol. The first-order chi connectivity index (χ1) is 9.93. The lowest BCUT2D eigenvalue weighted by atomic mass is 10.0. The maximum atomic E-state index is 14.0. The van der Waals surface area contributed by atoms with Crippen molar-refractivity contribution < 1.29 is 13.6 Å². The Morgan fingerprint density at radius 1 is 1.43 bits per heavy atom. The van der Waals surface area contributed by atoms with Crippen molar-refractivity contribution >= 4 is 5.91 Å². The molecule has 1 aromatic rings. The third-order valence-corrected chi connectivity index (χ3v) is 3.94. The van der Waals surface area contributed by atoms with Crippen LogP contribution in [0.3, 0.4) is 0 Å². The van der Waals surface area contributed by atoms with E-state index in [2.05, 4.69) is 5.32 Å². The second kappa shape index (κ2) is 6.49. The maximum Gasteiger partial charge on any atom is 0.240 e. The summed E-state index contributed by atoms with van der Waals surface area (Å²) in [6.45, 7) is 3.65. The molecule has 21 heavy (non-hydrogen) atoms. The summed E-state index contributed by atoms with van der Waals surface area (Å²) in [5, 5.41) is 3.18. The van der Waals surface area contributed by atoms with Gasteiger partial charge in [-0.1, -0.05) is 12.1 Å². The van der Waals surface area contributed by atoms with Crippen LogP contribution in [0, 0.1) is 11.6 Å². The van der Waals surface area contributed by atoms with Crippen molar-refractivity contribution in [3.63, 3.8) is 0 Å². The van der Waals surface area contributed by atoms with Crippen LogP contribution >= 0.6 is 0 Å². The van der Waals surface area contributed by atoms with E-state index >= 15 is 0 Å². The number of nitrogens with one attached hydrogen (secondary N) is 1. The van der Waals surface area contributed by atoms with Gasteiger partial charge >= 0.3 is 0 Å². The lowest BCUT2D eigenvalue weighted by molar-refractivity contribution is -0.136. The number of carbonyl (C=O) groups is 1. The summed E-state index contributed by atoms with van der Waals surface area (Å²) in [6, 6.07) is 3.44. The smallest absolute Gasteiger partial charge is 0.240 e. The Hall–Kier alpha value is -1.53. The first-order valence-corrected chi connectivity index (χ1v) is 7.05. The molecular formula is C15H21F2N3O. The van der Waals surface area contributed by atoms with Crippen molar-refractivity contribution in [3.05, 3.63) is 35.4 Å². The van der Waals surface area contributed by atoms with Crippen LogP contribution in [0.5, 0.6) is 0 Å². The molecule has 0 saturated carbocycles. The molecule has 2 unspecified atom stereocenters. The summed E-state index contributed by atoms with van der Waals surface area (Å²) >= 11 is 0. The summed E-state index contributed by atoms with van der Waals surface area (Å²) in [6.07, 6.45) is 0. The molecule has 4 nitrogen and oxygen atoms in total. The molecule has 1 aromatic carbocycles. The van der Waals surface area contributed by atoms with Crippen molar-refractivity contribution in [1.29, 1.82) is 0 Å². The Kier molecular flexibility index (Phi) is 4.90. The van der Waals surface area contributed by atoms with E-state index in [4.69, 9.17) is 0 Å². The fraction of sp³-hybridized carbons (Fsp3) is 0.533. The zero-order chi connectivity index (χ0) is 15.6. The number of rotatable bonds is 3. The van der Waals surface area contributed by atoms with E-state index in [0.717, 1.165) is 12.6 Å². The van der Waals surface area contributed by atoms with E-state index in [9.17, 15) is 13.6 Å². The van der Waals surface area contributed by atoms with E-state index in [1.807, 2.05) is 4.90 Å². The molecule has 116 valence electrons. The highest BCUT2D eigenvalue weighted by molar-refractivity contribution is 5.81. The van der Waals surface area contributed by atoms with Gasteiger partial charge in [0.2, 0.25) is 5.91 Å². The predicted octanol–water partition coefficient (Wildman–Crippen LogP) is 1.39. The first-order valence-electron chi connectivity index (χ1n) is 7.05. The summed E-state index contributed by atoms with van der Waals surface area (Å²) < 4.78 is 27.4. The Morgan fingerprint density at radius 3 is 2.81 bits per heavy atom. The Bertz CT molecular complexity index is 522. The molecule has 2 atom stereocenters. The molecule has 1 aliphatic heterocycles. The number of halogens is 2. The molecule has 0 radical (unpaired) electrons. The maximum absolute atomic E-state index is 14.0. The Labute approximate surface area is 123 Å². The van der Waals surface area contributed by atoms with E-state index in [0.29, 0.717) is 13.1 Å². The van der Waals surface area contributed by atoms with Crippen molar-refractivity contribution in [3.8, 4) is 0 Å². The number of hydrogen-bond donors (Lipinski definition) is 1.